The van der Waals surface area contributed by atoms with Crippen molar-refractivity contribution < 1.29 is 18.0 Å². The highest BCUT2D eigenvalue weighted by Gasteiger charge is 2.33. The van der Waals surface area contributed by atoms with Crippen molar-refractivity contribution >= 4 is 17.8 Å². The van der Waals surface area contributed by atoms with Crippen LogP contribution in [0.2, 0.25) is 0 Å². The third-order valence-electron chi connectivity index (χ3n) is 6.58. The fourth-order valence-corrected chi connectivity index (χ4v) is 4.73. The van der Waals surface area contributed by atoms with Crippen LogP contribution in [0.3, 0.4) is 0 Å². The molecule has 0 spiro atoms. The highest BCUT2D eigenvalue weighted by molar-refractivity contribution is 5.78. The van der Waals surface area contributed by atoms with Gasteiger partial charge >= 0.3 is 6.18 Å². The predicted octanol–water partition coefficient (Wildman–Crippen LogP) is 4.48. The van der Waals surface area contributed by atoms with Crippen molar-refractivity contribution in [2.24, 2.45) is 5.92 Å². The van der Waals surface area contributed by atoms with E-state index in [9.17, 15) is 18.0 Å². The van der Waals surface area contributed by atoms with Gasteiger partial charge in [-0.1, -0.05) is 18.2 Å². The third kappa shape index (κ3) is 6.15. The molecule has 1 aromatic carbocycles. The van der Waals surface area contributed by atoms with Gasteiger partial charge in [-0.25, -0.2) is 0 Å². The molecule has 2 aromatic rings. The maximum atomic E-state index is 13.2. The molecule has 1 aliphatic carbocycles. The Morgan fingerprint density at radius 2 is 1.74 bits per heavy atom. The molecule has 1 saturated heterocycles. The Bertz CT molecular complexity index is 985. The molecule has 0 unspecified atom stereocenters. The Hall–Kier alpha value is -2.91. The van der Waals surface area contributed by atoms with Gasteiger partial charge in [0.05, 0.1) is 5.56 Å². The number of anilines is 2. The summed E-state index contributed by atoms with van der Waals surface area (Å²) < 4.78 is 39.5. The van der Waals surface area contributed by atoms with Crippen molar-refractivity contribution in [1.82, 2.24) is 20.3 Å². The molecule has 1 aliphatic heterocycles. The second kappa shape index (κ2) is 10.6. The molecule has 2 N–H and O–H groups in total. The molecule has 1 saturated carbocycles. The Morgan fingerprint density at radius 1 is 1.03 bits per heavy atom. The molecule has 184 valence electrons. The summed E-state index contributed by atoms with van der Waals surface area (Å²) in [6.07, 6.45) is 1.93. The monoisotopic (exact) mass is 476 g/mol. The number of amides is 1. The van der Waals surface area contributed by atoms with E-state index < -0.39 is 11.7 Å². The van der Waals surface area contributed by atoms with Crippen LogP contribution in [0, 0.1) is 12.8 Å². The fourth-order valence-electron chi connectivity index (χ4n) is 4.73. The van der Waals surface area contributed by atoms with Crippen LogP contribution in [0.25, 0.3) is 0 Å². The molecule has 34 heavy (non-hydrogen) atoms. The molecule has 7 nitrogen and oxygen atoms in total. The van der Waals surface area contributed by atoms with Gasteiger partial charge in [0.2, 0.25) is 17.8 Å². The Labute approximate surface area is 197 Å². The minimum atomic E-state index is -4.44. The summed E-state index contributed by atoms with van der Waals surface area (Å²) in [4.78, 5) is 28.4. The zero-order valence-electron chi connectivity index (χ0n) is 19.4. The van der Waals surface area contributed by atoms with E-state index in [2.05, 4.69) is 30.5 Å². The first-order chi connectivity index (χ1) is 16.3. The van der Waals surface area contributed by atoms with Gasteiger partial charge in [0.15, 0.2) is 0 Å². The van der Waals surface area contributed by atoms with Crippen molar-refractivity contribution in [1.29, 1.82) is 0 Å². The minimum absolute atomic E-state index is 0.0772. The van der Waals surface area contributed by atoms with Crippen LogP contribution in [0.15, 0.2) is 24.3 Å². The first-order valence-electron chi connectivity index (χ1n) is 12.0. The van der Waals surface area contributed by atoms with Gasteiger partial charge in [-0.2, -0.15) is 28.1 Å². The smallest absolute Gasteiger partial charge is 0.352 e. The maximum absolute atomic E-state index is 13.2. The lowest BCUT2D eigenvalue weighted by Gasteiger charge is -2.29. The third-order valence-corrected chi connectivity index (χ3v) is 6.58. The van der Waals surface area contributed by atoms with Gasteiger partial charge in [0.1, 0.15) is 5.82 Å². The number of nitrogens with zero attached hydrogens (tertiary/aromatic N) is 4. The van der Waals surface area contributed by atoms with Gasteiger partial charge in [-0.3, -0.25) is 4.79 Å². The van der Waals surface area contributed by atoms with E-state index in [1.54, 1.807) is 6.07 Å². The summed E-state index contributed by atoms with van der Waals surface area (Å²) in [7, 11) is 0. The fraction of sp³-hybridized carbons (Fsp3) is 0.583. The van der Waals surface area contributed by atoms with Crippen LogP contribution in [-0.2, 0) is 17.5 Å². The average Bonchev–Trinajstić information content (AvgIpc) is 2.83. The van der Waals surface area contributed by atoms with Crippen LogP contribution in [0.1, 0.15) is 61.9 Å². The van der Waals surface area contributed by atoms with Crippen molar-refractivity contribution in [2.75, 3.05) is 23.3 Å². The molecular weight excluding hydrogens is 445 g/mol. The van der Waals surface area contributed by atoms with E-state index in [0.717, 1.165) is 44.8 Å². The predicted molar refractivity (Wildman–Crippen MR) is 123 cm³/mol. The summed E-state index contributed by atoms with van der Waals surface area (Å²) >= 11 is 0. The van der Waals surface area contributed by atoms with Gasteiger partial charge < -0.3 is 15.5 Å². The Kier molecular flexibility index (Phi) is 7.53. The SMILES string of the molecule is Cc1nc(NC2CCC(C(=O)NCc3ccccc3C(F)(F)F)CC2)nc(N2CCCCC2)n1. The number of halogens is 3. The first kappa shape index (κ1) is 24.2. The van der Waals surface area contributed by atoms with Gasteiger partial charge in [-0.15, -0.1) is 0 Å². The molecule has 0 bridgehead atoms. The van der Waals surface area contributed by atoms with Crippen LogP contribution < -0.4 is 15.5 Å². The molecule has 1 aromatic heterocycles. The van der Waals surface area contributed by atoms with Crippen LogP contribution >= 0.6 is 0 Å². The molecular formula is C24H31F3N6O. The van der Waals surface area contributed by atoms with Crippen molar-refractivity contribution in [2.45, 2.75) is 70.6 Å². The molecule has 10 heteroatoms. The van der Waals surface area contributed by atoms with Crippen LogP contribution in [0.4, 0.5) is 25.1 Å². The maximum Gasteiger partial charge on any atom is 0.416 e. The number of piperidine rings is 1. The number of benzene rings is 1. The second-order valence-electron chi connectivity index (χ2n) is 9.12. The van der Waals surface area contributed by atoms with E-state index in [4.69, 9.17) is 0 Å². The summed E-state index contributed by atoms with van der Waals surface area (Å²) in [5.74, 6) is 1.54. The van der Waals surface area contributed by atoms with Crippen molar-refractivity contribution in [3.8, 4) is 0 Å². The van der Waals surface area contributed by atoms with E-state index in [-0.39, 0.29) is 30.0 Å². The molecule has 0 atom stereocenters. The number of hydrogen-bond donors (Lipinski definition) is 2. The number of carbonyl (C=O) groups excluding carboxylic acids is 1. The number of rotatable bonds is 6. The number of aryl methyl sites for hydroxylation is 1. The summed E-state index contributed by atoms with van der Waals surface area (Å²) in [6, 6.07) is 5.49. The van der Waals surface area contributed by atoms with Crippen molar-refractivity contribution in [3.05, 3.63) is 41.2 Å². The van der Waals surface area contributed by atoms with Crippen LogP contribution in [-0.4, -0.2) is 40.0 Å². The number of nitrogens with one attached hydrogen (secondary N) is 2. The second-order valence-corrected chi connectivity index (χ2v) is 9.12. The first-order valence-corrected chi connectivity index (χ1v) is 12.0. The molecule has 2 aliphatic rings. The lowest BCUT2D eigenvalue weighted by Crippen LogP contribution is -2.36. The number of hydrogen-bond acceptors (Lipinski definition) is 6. The quantitative estimate of drug-likeness (QED) is 0.640. The molecule has 2 fully saturated rings. The lowest BCUT2D eigenvalue weighted by atomic mass is 9.85. The van der Waals surface area contributed by atoms with Crippen LogP contribution in [0.5, 0.6) is 0 Å². The van der Waals surface area contributed by atoms with E-state index >= 15 is 0 Å². The summed E-state index contributed by atoms with van der Waals surface area (Å²) in [6.45, 7) is 3.64. The summed E-state index contributed by atoms with van der Waals surface area (Å²) in [5.41, 5.74) is -0.631. The highest BCUT2D eigenvalue weighted by atomic mass is 19.4. The zero-order valence-corrected chi connectivity index (χ0v) is 19.4. The number of carbonyl (C=O) groups is 1. The molecule has 0 radical (unpaired) electrons. The Balaban J connectivity index is 1.28. The average molecular weight is 477 g/mol. The van der Waals surface area contributed by atoms with Crippen molar-refractivity contribution in [3.63, 3.8) is 0 Å². The van der Waals surface area contributed by atoms with Gasteiger partial charge in [0.25, 0.3) is 0 Å². The molecule has 4 rings (SSSR count). The number of alkyl halides is 3. The van der Waals surface area contributed by atoms with E-state index in [1.807, 2.05) is 6.92 Å². The standard InChI is InChI=1S/C24H31F3N6O/c1-16-29-22(32-23(30-16)33-13-5-2-6-14-33)31-19-11-9-17(10-12-19)21(34)28-15-18-7-3-4-8-20(18)24(25,26)27/h3-4,7-8,17,19H,2,5-6,9-15H2,1H3,(H,28,34)(H,29,30,31,32). The molecule has 2 heterocycles. The summed E-state index contributed by atoms with van der Waals surface area (Å²) in [5, 5.41) is 6.10. The number of aromatic nitrogens is 3. The largest absolute Gasteiger partial charge is 0.416 e. The zero-order chi connectivity index (χ0) is 24.1. The highest BCUT2D eigenvalue weighted by Crippen LogP contribution is 2.32. The van der Waals surface area contributed by atoms with Gasteiger partial charge in [-0.05, 0) is 63.5 Å². The Morgan fingerprint density at radius 3 is 2.44 bits per heavy atom. The normalized spacial score (nSPS) is 21.2. The molecule has 1 amide bonds. The lowest BCUT2D eigenvalue weighted by molar-refractivity contribution is -0.138. The topological polar surface area (TPSA) is 83.0 Å². The van der Waals surface area contributed by atoms with E-state index in [1.165, 1.54) is 18.6 Å². The van der Waals surface area contributed by atoms with E-state index in [0.29, 0.717) is 30.6 Å². The van der Waals surface area contributed by atoms with Gasteiger partial charge in [0, 0.05) is 31.6 Å². The minimum Gasteiger partial charge on any atom is -0.352 e.